The van der Waals surface area contributed by atoms with Crippen molar-refractivity contribution in [2.75, 3.05) is 0 Å². The van der Waals surface area contributed by atoms with Gasteiger partial charge in [0, 0.05) is 6.42 Å². The maximum atomic E-state index is 11.7. The number of hydrogen-bond donors (Lipinski definition) is 0. The van der Waals surface area contributed by atoms with E-state index in [1.165, 1.54) is 0 Å². The zero-order valence-corrected chi connectivity index (χ0v) is 6.78. The van der Waals surface area contributed by atoms with E-state index in [9.17, 15) is 13.6 Å². The Hall–Kier alpha value is -0.380. The molecule has 0 aromatic carbocycles. The summed E-state index contributed by atoms with van der Waals surface area (Å²) in [6.07, 6.45) is -2.66. The van der Waals surface area contributed by atoms with Crippen LogP contribution in [0.25, 0.3) is 0 Å². The van der Waals surface area contributed by atoms with Crippen molar-refractivity contribution in [2.24, 2.45) is 5.92 Å². The normalized spacial score (nSPS) is 13.2. The lowest BCUT2D eigenvalue weighted by Gasteiger charge is -2.08. The second-order valence-corrected chi connectivity index (χ2v) is 2.28. The van der Waals surface area contributed by atoms with Gasteiger partial charge in [0.1, 0.15) is 11.9 Å². The monoisotopic (exact) mass is 186 g/mol. The van der Waals surface area contributed by atoms with Crippen molar-refractivity contribution in [2.45, 2.75) is 26.2 Å². The molecule has 2 nitrogen and oxygen atoms in total. The molecule has 1 atom stereocenters. The van der Waals surface area contributed by atoms with E-state index in [-0.39, 0.29) is 0 Å². The fourth-order valence-electron chi connectivity index (χ4n) is 0.708. The zero-order chi connectivity index (χ0) is 8.85. The first-order chi connectivity index (χ1) is 5.11. The summed E-state index contributed by atoms with van der Waals surface area (Å²) in [5.41, 5.74) is 0. The molecule has 0 aliphatic carbocycles. The Morgan fingerprint density at radius 2 is 2.18 bits per heavy atom. The van der Waals surface area contributed by atoms with Crippen molar-refractivity contribution in [3.63, 3.8) is 0 Å². The lowest BCUT2D eigenvalue weighted by Crippen LogP contribution is -2.16. The molecule has 1 unspecified atom stereocenters. The fourth-order valence-corrected chi connectivity index (χ4v) is 0.834. The van der Waals surface area contributed by atoms with E-state index in [1.807, 2.05) is 0 Å². The van der Waals surface area contributed by atoms with Crippen LogP contribution in [-0.2, 0) is 9.08 Å². The van der Waals surface area contributed by atoms with Crippen molar-refractivity contribution in [3.05, 3.63) is 0 Å². The van der Waals surface area contributed by atoms with Crippen molar-refractivity contribution in [1.82, 2.24) is 0 Å². The van der Waals surface area contributed by atoms with Gasteiger partial charge in [-0.2, -0.15) is 0 Å². The van der Waals surface area contributed by atoms with Gasteiger partial charge in [0.05, 0.1) is 5.92 Å². The molecule has 0 amide bonds. The largest absolute Gasteiger partial charge is 0.347 e. The SMILES string of the molecule is CCC(CC(F)F)C(=O)OCl. The summed E-state index contributed by atoms with van der Waals surface area (Å²) < 4.78 is 27.2. The molecule has 0 bridgehead atoms. The number of carbonyl (C=O) groups is 1. The Labute approximate surface area is 68.6 Å². The molecule has 0 aliphatic heterocycles. The zero-order valence-electron chi connectivity index (χ0n) is 6.02. The summed E-state index contributed by atoms with van der Waals surface area (Å²) in [6, 6.07) is 0. The first kappa shape index (κ1) is 10.6. The van der Waals surface area contributed by atoms with Gasteiger partial charge in [-0.3, -0.25) is 4.79 Å². The van der Waals surface area contributed by atoms with Crippen LogP contribution in [-0.4, -0.2) is 12.4 Å². The minimum Gasteiger partial charge on any atom is -0.347 e. The molecule has 0 spiro atoms. The van der Waals surface area contributed by atoms with Gasteiger partial charge < -0.3 is 4.29 Å². The molecule has 0 saturated carbocycles. The highest BCUT2D eigenvalue weighted by molar-refractivity contribution is 6.13. The lowest BCUT2D eigenvalue weighted by molar-refractivity contribution is -0.140. The smallest absolute Gasteiger partial charge is 0.327 e. The van der Waals surface area contributed by atoms with E-state index in [2.05, 4.69) is 4.29 Å². The average molecular weight is 187 g/mol. The summed E-state index contributed by atoms with van der Waals surface area (Å²) in [6.45, 7) is 1.63. The Balaban J connectivity index is 3.84. The highest BCUT2D eigenvalue weighted by Crippen LogP contribution is 2.16. The van der Waals surface area contributed by atoms with Gasteiger partial charge >= 0.3 is 5.97 Å². The molecule has 0 N–H and O–H groups in total. The van der Waals surface area contributed by atoms with E-state index in [1.54, 1.807) is 6.92 Å². The van der Waals surface area contributed by atoms with Gasteiger partial charge in [-0.1, -0.05) is 6.92 Å². The van der Waals surface area contributed by atoms with Crippen LogP contribution in [0.4, 0.5) is 8.78 Å². The number of hydrogen-bond acceptors (Lipinski definition) is 2. The first-order valence-corrected chi connectivity index (χ1v) is 3.53. The first-order valence-electron chi connectivity index (χ1n) is 3.22. The highest BCUT2D eigenvalue weighted by Gasteiger charge is 2.22. The summed E-state index contributed by atoms with van der Waals surface area (Å²) in [7, 11) is 0. The van der Waals surface area contributed by atoms with Crippen molar-refractivity contribution >= 4 is 17.8 Å². The molecule has 5 heteroatoms. The van der Waals surface area contributed by atoms with Gasteiger partial charge in [0.15, 0.2) is 0 Å². The Morgan fingerprint density at radius 3 is 2.45 bits per heavy atom. The molecule has 0 aromatic heterocycles. The number of alkyl halides is 2. The molecule has 0 heterocycles. The third-order valence-electron chi connectivity index (χ3n) is 1.36. The average Bonchev–Trinajstić information content (AvgIpc) is 1.98. The minimum absolute atomic E-state index is 0.315. The molecule has 11 heavy (non-hydrogen) atoms. The Bertz CT molecular complexity index is 130. The molecule has 0 saturated heterocycles. The molecular formula is C6H9ClF2O2. The molecule has 0 fully saturated rings. The standard InChI is InChI=1S/C6H9ClF2O2/c1-2-4(3-5(8)9)6(10)11-7/h4-5H,2-3H2,1H3. The molecule has 0 radical (unpaired) electrons. The highest BCUT2D eigenvalue weighted by atomic mass is 35.5. The molecule has 0 aliphatic rings. The predicted molar refractivity (Wildman–Crippen MR) is 36.3 cm³/mol. The summed E-state index contributed by atoms with van der Waals surface area (Å²) in [5.74, 6) is -1.57. The van der Waals surface area contributed by atoms with Crippen LogP contribution in [0, 0.1) is 5.92 Å². The molecule has 0 aromatic rings. The van der Waals surface area contributed by atoms with Crippen LogP contribution >= 0.6 is 11.9 Å². The van der Waals surface area contributed by atoms with Crippen molar-refractivity contribution in [1.29, 1.82) is 0 Å². The van der Waals surface area contributed by atoms with Crippen LogP contribution in [0.2, 0.25) is 0 Å². The van der Waals surface area contributed by atoms with Crippen LogP contribution in [0.1, 0.15) is 19.8 Å². The van der Waals surface area contributed by atoms with Crippen LogP contribution in [0.3, 0.4) is 0 Å². The number of carbonyl (C=O) groups excluding carboxylic acids is 1. The number of rotatable bonds is 4. The topological polar surface area (TPSA) is 26.3 Å². The van der Waals surface area contributed by atoms with Gasteiger partial charge in [-0.25, -0.2) is 8.78 Å². The van der Waals surface area contributed by atoms with E-state index in [0.717, 1.165) is 0 Å². The molecule has 0 rings (SSSR count). The molecule has 66 valence electrons. The maximum absolute atomic E-state index is 11.7. The number of halogens is 3. The van der Waals surface area contributed by atoms with Gasteiger partial charge in [-0.15, -0.1) is 0 Å². The fraction of sp³-hybridized carbons (Fsp3) is 0.833. The van der Waals surface area contributed by atoms with E-state index in [4.69, 9.17) is 11.9 Å². The quantitative estimate of drug-likeness (QED) is 0.674. The van der Waals surface area contributed by atoms with Gasteiger partial charge in [0.2, 0.25) is 6.43 Å². The molecular weight excluding hydrogens is 178 g/mol. The van der Waals surface area contributed by atoms with Crippen LogP contribution < -0.4 is 0 Å². The van der Waals surface area contributed by atoms with Gasteiger partial charge in [-0.05, 0) is 6.42 Å². The Kier molecular flexibility index (Phi) is 5.11. The minimum atomic E-state index is -2.49. The second kappa shape index (κ2) is 5.29. The third-order valence-corrected chi connectivity index (χ3v) is 1.52. The Morgan fingerprint density at radius 1 is 1.64 bits per heavy atom. The van der Waals surface area contributed by atoms with Crippen molar-refractivity contribution < 1.29 is 17.9 Å². The summed E-state index contributed by atoms with van der Waals surface area (Å²) in [5, 5.41) is 0. The van der Waals surface area contributed by atoms with E-state index in [0.29, 0.717) is 6.42 Å². The summed E-state index contributed by atoms with van der Waals surface area (Å²) >= 11 is 4.71. The van der Waals surface area contributed by atoms with Crippen molar-refractivity contribution in [3.8, 4) is 0 Å². The van der Waals surface area contributed by atoms with E-state index >= 15 is 0 Å². The second-order valence-electron chi connectivity index (χ2n) is 2.13. The van der Waals surface area contributed by atoms with E-state index < -0.39 is 24.7 Å². The lowest BCUT2D eigenvalue weighted by atomic mass is 10.0. The maximum Gasteiger partial charge on any atom is 0.327 e. The van der Waals surface area contributed by atoms with Crippen LogP contribution in [0.5, 0.6) is 0 Å². The summed E-state index contributed by atoms with van der Waals surface area (Å²) in [4.78, 5) is 10.6. The predicted octanol–water partition coefficient (Wildman–Crippen LogP) is 2.36. The third kappa shape index (κ3) is 4.14. The van der Waals surface area contributed by atoms with Crippen LogP contribution in [0.15, 0.2) is 0 Å². The van der Waals surface area contributed by atoms with Gasteiger partial charge in [0.25, 0.3) is 0 Å².